The highest BCUT2D eigenvalue weighted by Gasteiger charge is 2.25. The first-order valence-electron chi connectivity index (χ1n) is 9.96. The van der Waals surface area contributed by atoms with Crippen molar-refractivity contribution >= 4 is 15.7 Å². The fourth-order valence-electron chi connectivity index (χ4n) is 3.26. The van der Waals surface area contributed by atoms with Crippen LogP contribution in [-0.2, 0) is 16.3 Å². The van der Waals surface area contributed by atoms with Gasteiger partial charge >= 0.3 is 0 Å². The summed E-state index contributed by atoms with van der Waals surface area (Å²) in [4.78, 5) is 15.1. The number of nitrogens with two attached hydrogens (primary N) is 1. The molecule has 2 aromatic carbocycles. The first-order chi connectivity index (χ1) is 15.2. The Morgan fingerprint density at radius 3 is 2.53 bits per heavy atom. The van der Waals surface area contributed by atoms with Crippen LogP contribution in [0.25, 0.3) is 0 Å². The van der Waals surface area contributed by atoms with Crippen LogP contribution >= 0.6 is 0 Å². The minimum Gasteiger partial charge on any atom is -0.506 e. The van der Waals surface area contributed by atoms with E-state index in [0.717, 1.165) is 11.1 Å². The lowest BCUT2D eigenvalue weighted by molar-refractivity contribution is 0.0997. The van der Waals surface area contributed by atoms with Crippen molar-refractivity contribution in [1.82, 2.24) is 10.3 Å². The van der Waals surface area contributed by atoms with Gasteiger partial charge in [-0.15, -0.1) is 0 Å². The molecule has 9 heteroatoms. The lowest BCUT2D eigenvalue weighted by Gasteiger charge is -2.12. The van der Waals surface area contributed by atoms with Gasteiger partial charge in [-0.3, -0.25) is 9.78 Å². The van der Waals surface area contributed by atoms with Gasteiger partial charge in [0.1, 0.15) is 10.6 Å². The Hall–Kier alpha value is -3.27. The molecule has 0 radical (unpaired) electrons. The van der Waals surface area contributed by atoms with Crippen LogP contribution in [0.15, 0.2) is 70.7 Å². The Morgan fingerprint density at radius 1 is 1.19 bits per heavy atom. The van der Waals surface area contributed by atoms with Crippen molar-refractivity contribution in [3.8, 4) is 5.75 Å². The van der Waals surface area contributed by atoms with E-state index in [2.05, 4.69) is 10.3 Å². The van der Waals surface area contributed by atoms with Gasteiger partial charge in [-0.05, 0) is 61.3 Å². The topological polar surface area (TPSA) is 143 Å². The number of rotatable bonds is 9. The van der Waals surface area contributed by atoms with E-state index in [4.69, 9.17) is 5.73 Å². The predicted molar refractivity (Wildman–Crippen MR) is 119 cm³/mol. The molecule has 0 saturated carbocycles. The minimum atomic E-state index is -4.04. The molecular weight excluding hydrogens is 430 g/mol. The monoisotopic (exact) mass is 455 g/mol. The van der Waals surface area contributed by atoms with Crippen LogP contribution in [0.5, 0.6) is 5.75 Å². The molecule has 3 aromatic rings. The molecule has 0 spiro atoms. The zero-order chi connectivity index (χ0) is 23.3. The van der Waals surface area contributed by atoms with Crippen molar-refractivity contribution < 1.29 is 23.4 Å². The summed E-state index contributed by atoms with van der Waals surface area (Å²) in [5.41, 5.74) is 7.13. The van der Waals surface area contributed by atoms with Crippen molar-refractivity contribution in [2.45, 2.75) is 29.2 Å². The summed E-state index contributed by atoms with van der Waals surface area (Å²) >= 11 is 0. The van der Waals surface area contributed by atoms with Crippen LogP contribution in [0.3, 0.4) is 0 Å². The van der Waals surface area contributed by atoms with Gasteiger partial charge in [0.15, 0.2) is 0 Å². The van der Waals surface area contributed by atoms with Crippen LogP contribution in [0.1, 0.15) is 33.2 Å². The third-order valence-corrected chi connectivity index (χ3v) is 6.79. The second kappa shape index (κ2) is 9.90. The van der Waals surface area contributed by atoms with Crippen molar-refractivity contribution in [2.24, 2.45) is 5.73 Å². The van der Waals surface area contributed by atoms with E-state index in [1.165, 1.54) is 24.3 Å². The number of phenols is 1. The SMILES string of the molecule is Cc1cc(C(N)=O)c(O)c(S(=O)(=O)c2ccc(CCNC[C@@H](O)c3cccnc3)cc2)c1. The number of hydrogen-bond acceptors (Lipinski definition) is 7. The summed E-state index contributed by atoms with van der Waals surface area (Å²) in [7, 11) is -4.04. The van der Waals surface area contributed by atoms with E-state index in [-0.39, 0.29) is 15.4 Å². The van der Waals surface area contributed by atoms with Gasteiger partial charge in [0.05, 0.1) is 16.6 Å². The van der Waals surface area contributed by atoms with E-state index >= 15 is 0 Å². The quantitative estimate of drug-likeness (QED) is 0.361. The standard InChI is InChI=1S/C23H25N3O5S/c1-15-11-19(23(24)29)22(28)21(12-15)32(30,31)18-6-4-16(5-7-18)8-10-26-14-20(27)17-3-2-9-25-13-17/h2-7,9,11-13,20,26-28H,8,10,14H2,1H3,(H2,24,29)/t20-/m1/s1. The largest absolute Gasteiger partial charge is 0.506 e. The van der Waals surface area contributed by atoms with E-state index < -0.39 is 27.6 Å². The zero-order valence-electron chi connectivity index (χ0n) is 17.5. The highest BCUT2D eigenvalue weighted by atomic mass is 32.2. The van der Waals surface area contributed by atoms with Gasteiger partial charge in [0, 0.05) is 24.5 Å². The van der Waals surface area contributed by atoms with Gasteiger partial charge in [-0.2, -0.15) is 0 Å². The van der Waals surface area contributed by atoms with E-state index in [9.17, 15) is 23.4 Å². The summed E-state index contributed by atoms with van der Waals surface area (Å²) in [5.74, 6) is -1.55. The van der Waals surface area contributed by atoms with E-state index in [1.54, 1.807) is 43.6 Å². The van der Waals surface area contributed by atoms with Gasteiger partial charge in [-0.1, -0.05) is 18.2 Å². The Kier molecular flexibility index (Phi) is 7.24. The average Bonchev–Trinajstić information content (AvgIpc) is 2.78. The van der Waals surface area contributed by atoms with Crippen LogP contribution in [0, 0.1) is 6.92 Å². The maximum Gasteiger partial charge on any atom is 0.252 e. The average molecular weight is 456 g/mol. The first-order valence-corrected chi connectivity index (χ1v) is 11.4. The minimum absolute atomic E-state index is 0.00229. The summed E-state index contributed by atoms with van der Waals surface area (Å²) in [5, 5.41) is 23.6. The number of benzene rings is 2. The number of carbonyl (C=O) groups is 1. The summed E-state index contributed by atoms with van der Waals surface area (Å²) < 4.78 is 26.0. The number of aromatic hydroxyl groups is 1. The molecule has 5 N–H and O–H groups in total. The maximum absolute atomic E-state index is 13.0. The lowest BCUT2D eigenvalue weighted by atomic mass is 10.1. The third-order valence-electron chi connectivity index (χ3n) is 5.01. The molecule has 168 valence electrons. The summed E-state index contributed by atoms with van der Waals surface area (Å²) in [6.07, 6.45) is 3.22. The van der Waals surface area contributed by atoms with Crippen molar-refractivity contribution in [3.05, 3.63) is 83.2 Å². The Labute approximate surface area is 186 Å². The predicted octanol–water partition coefficient (Wildman–Crippen LogP) is 1.89. The van der Waals surface area contributed by atoms with Crippen LogP contribution in [-0.4, -0.2) is 42.6 Å². The number of amides is 1. The second-order valence-corrected chi connectivity index (χ2v) is 9.35. The van der Waals surface area contributed by atoms with Gasteiger partial charge in [0.25, 0.3) is 5.91 Å². The number of carbonyl (C=O) groups excluding carboxylic acids is 1. The molecule has 0 bridgehead atoms. The molecule has 1 amide bonds. The maximum atomic E-state index is 13.0. The normalized spacial score (nSPS) is 12.4. The van der Waals surface area contributed by atoms with Gasteiger partial charge in [0.2, 0.25) is 9.84 Å². The van der Waals surface area contributed by atoms with Crippen molar-refractivity contribution in [3.63, 3.8) is 0 Å². The summed E-state index contributed by atoms with van der Waals surface area (Å²) in [6.45, 7) is 2.57. The molecule has 0 aliphatic heterocycles. The number of nitrogens with one attached hydrogen (secondary N) is 1. The molecule has 1 atom stereocenters. The molecule has 3 rings (SSSR count). The van der Waals surface area contributed by atoms with E-state index in [0.29, 0.717) is 25.1 Å². The van der Waals surface area contributed by atoms with Crippen molar-refractivity contribution in [1.29, 1.82) is 0 Å². The highest BCUT2D eigenvalue weighted by molar-refractivity contribution is 7.91. The lowest BCUT2D eigenvalue weighted by Crippen LogP contribution is -2.23. The van der Waals surface area contributed by atoms with Crippen LogP contribution in [0.2, 0.25) is 0 Å². The third kappa shape index (κ3) is 5.31. The van der Waals surface area contributed by atoms with E-state index in [1.807, 2.05) is 0 Å². The number of aryl methyl sites for hydroxylation is 1. The van der Waals surface area contributed by atoms with Crippen molar-refractivity contribution in [2.75, 3.05) is 13.1 Å². The molecule has 0 aliphatic carbocycles. The molecule has 8 nitrogen and oxygen atoms in total. The molecular formula is C23H25N3O5S. The molecule has 0 fully saturated rings. The molecule has 0 unspecified atom stereocenters. The molecule has 1 aromatic heterocycles. The fourth-order valence-corrected chi connectivity index (χ4v) is 4.72. The first kappa shape index (κ1) is 23.4. The molecule has 1 heterocycles. The number of primary amides is 1. The number of aliphatic hydroxyl groups excluding tert-OH is 1. The smallest absolute Gasteiger partial charge is 0.252 e. The Balaban J connectivity index is 1.66. The van der Waals surface area contributed by atoms with Gasteiger partial charge < -0.3 is 21.3 Å². The number of nitrogens with zero attached hydrogens (tertiary/aromatic N) is 1. The molecule has 0 aliphatic rings. The van der Waals surface area contributed by atoms with Crippen LogP contribution < -0.4 is 11.1 Å². The number of sulfone groups is 1. The second-order valence-electron chi connectivity index (χ2n) is 7.43. The Bertz CT molecular complexity index is 1200. The molecule has 32 heavy (non-hydrogen) atoms. The summed E-state index contributed by atoms with van der Waals surface area (Å²) in [6, 6.07) is 12.5. The zero-order valence-corrected chi connectivity index (χ0v) is 18.3. The highest BCUT2D eigenvalue weighted by Crippen LogP contribution is 2.32. The fraction of sp³-hybridized carbons (Fsp3) is 0.217. The Morgan fingerprint density at radius 2 is 1.91 bits per heavy atom. The number of aromatic nitrogens is 1. The number of pyridine rings is 1. The number of hydrogen-bond donors (Lipinski definition) is 4. The number of aliphatic hydroxyl groups is 1. The van der Waals surface area contributed by atoms with Gasteiger partial charge in [-0.25, -0.2) is 8.42 Å². The molecule has 0 saturated heterocycles. The van der Waals surface area contributed by atoms with Crippen LogP contribution in [0.4, 0.5) is 0 Å².